The number of halogens is 2. The molecule has 4 aromatic rings. The Kier molecular flexibility index (Phi) is 5.23. The molecule has 1 atom stereocenters. The van der Waals surface area contributed by atoms with Crippen LogP contribution in [0.5, 0.6) is 0 Å². The maximum absolute atomic E-state index is 12.8. The van der Waals surface area contributed by atoms with Crippen LogP contribution in [0.15, 0.2) is 59.9 Å². The lowest BCUT2D eigenvalue weighted by Gasteiger charge is -2.23. The third-order valence-corrected chi connectivity index (χ3v) is 6.56. The van der Waals surface area contributed by atoms with Crippen LogP contribution < -0.4 is 0 Å². The predicted octanol–water partition coefficient (Wildman–Crippen LogP) is 5.64. The molecule has 0 amide bonds. The van der Waals surface area contributed by atoms with E-state index in [1.807, 2.05) is 48.5 Å². The van der Waals surface area contributed by atoms with E-state index in [0.717, 1.165) is 16.8 Å². The fourth-order valence-corrected chi connectivity index (χ4v) is 4.78. The van der Waals surface area contributed by atoms with Crippen molar-refractivity contribution < 1.29 is 4.79 Å². The minimum Gasteiger partial charge on any atom is -0.294 e. The van der Waals surface area contributed by atoms with Crippen LogP contribution in [0.3, 0.4) is 0 Å². The van der Waals surface area contributed by atoms with Crippen molar-refractivity contribution in [1.29, 1.82) is 0 Å². The summed E-state index contributed by atoms with van der Waals surface area (Å²) in [4.78, 5) is 22.0. The Morgan fingerprint density at radius 1 is 1.03 bits per heavy atom. The van der Waals surface area contributed by atoms with E-state index in [1.54, 1.807) is 10.7 Å². The van der Waals surface area contributed by atoms with Gasteiger partial charge in [0.05, 0.1) is 11.3 Å². The monoisotopic (exact) mass is 454 g/mol. The number of carbonyl (C=O) groups is 1. The highest BCUT2D eigenvalue weighted by Crippen LogP contribution is 2.32. The quantitative estimate of drug-likeness (QED) is 0.373. The van der Waals surface area contributed by atoms with E-state index in [9.17, 15) is 4.79 Å². The summed E-state index contributed by atoms with van der Waals surface area (Å²) in [6.07, 6.45) is 2.90. The largest absolute Gasteiger partial charge is 0.294 e. The molecule has 150 valence electrons. The topological polar surface area (TPSA) is 60.2 Å². The summed E-state index contributed by atoms with van der Waals surface area (Å²) in [6, 6.07) is 15.4. The van der Waals surface area contributed by atoms with Crippen molar-refractivity contribution in [1.82, 2.24) is 19.6 Å². The Bertz CT molecular complexity index is 1260. The van der Waals surface area contributed by atoms with Gasteiger partial charge in [0.2, 0.25) is 5.16 Å². The number of rotatable bonds is 4. The number of hydrogen-bond donors (Lipinski definition) is 0. The van der Waals surface area contributed by atoms with Gasteiger partial charge in [0.25, 0.3) is 5.78 Å². The zero-order valence-electron chi connectivity index (χ0n) is 15.8. The first kappa shape index (κ1) is 19.5. The van der Waals surface area contributed by atoms with Gasteiger partial charge in [-0.1, -0.05) is 59.2 Å². The van der Waals surface area contributed by atoms with Crippen molar-refractivity contribution in [3.8, 4) is 0 Å². The van der Waals surface area contributed by atoms with Gasteiger partial charge in [-0.05, 0) is 47.7 Å². The summed E-state index contributed by atoms with van der Waals surface area (Å²) in [7, 11) is 0. The summed E-state index contributed by atoms with van der Waals surface area (Å²) in [5.74, 6) is 1.38. The summed E-state index contributed by atoms with van der Waals surface area (Å²) in [6.45, 7) is 0. The number of hydrogen-bond acceptors (Lipinski definition) is 5. The molecule has 2 aromatic carbocycles. The molecule has 0 spiro atoms. The normalized spacial score (nSPS) is 16.1. The number of carbonyl (C=O) groups excluding carboxylic acids is 1. The summed E-state index contributed by atoms with van der Waals surface area (Å²) in [5, 5.41) is 6.50. The average molecular weight is 455 g/mol. The number of fused-ring (bicyclic) bond motifs is 2. The predicted molar refractivity (Wildman–Crippen MR) is 119 cm³/mol. The molecule has 2 aromatic heterocycles. The van der Waals surface area contributed by atoms with E-state index >= 15 is 0 Å². The zero-order valence-corrected chi connectivity index (χ0v) is 18.1. The van der Waals surface area contributed by atoms with Gasteiger partial charge in [-0.15, -0.1) is 5.10 Å². The fourth-order valence-electron chi connectivity index (χ4n) is 3.67. The van der Waals surface area contributed by atoms with E-state index in [4.69, 9.17) is 23.2 Å². The molecule has 0 saturated heterocycles. The molecule has 5 rings (SSSR count). The first-order valence-electron chi connectivity index (χ1n) is 9.47. The van der Waals surface area contributed by atoms with Gasteiger partial charge in [0.1, 0.15) is 0 Å². The third-order valence-electron chi connectivity index (χ3n) is 5.16. The molecule has 0 radical (unpaired) electrons. The lowest BCUT2D eigenvalue weighted by Crippen LogP contribution is -2.21. The summed E-state index contributed by atoms with van der Waals surface area (Å²) >= 11 is 13.6. The van der Waals surface area contributed by atoms with Crippen LogP contribution in [0.25, 0.3) is 5.78 Å². The van der Waals surface area contributed by atoms with Crippen molar-refractivity contribution in [3.63, 3.8) is 0 Å². The Labute approximate surface area is 187 Å². The van der Waals surface area contributed by atoms with Crippen LogP contribution in [0.1, 0.15) is 39.5 Å². The van der Waals surface area contributed by atoms with E-state index < -0.39 is 0 Å². The Hall–Kier alpha value is -2.41. The van der Waals surface area contributed by atoms with Gasteiger partial charge in [-0.2, -0.15) is 4.98 Å². The Morgan fingerprint density at radius 2 is 1.87 bits per heavy atom. The molecule has 30 heavy (non-hydrogen) atoms. The number of Topliss-reactive ketones (excluding diaryl/α,β-unsaturated/α-hetero) is 1. The SMILES string of the molecule is O=C1C[C@H](c2ccc(Cl)cc2)Cc2nc3nc(SCc4cccc(Cl)c4)nn3cc21. The van der Waals surface area contributed by atoms with Crippen molar-refractivity contribution in [3.05, 3.63) is 87.2 Å². The van der Waals surface area contributed by atoms with Crippen LogP contribution >= 0.6 is 35.0 Å². The minimum absolute atomic E-state index is 0.0780. The number of aromatic nitrogens is 4. The number of thioether (sulfide) groups is 1. The molecule has 0 bridgehead atoms. The van der Waals surface area contributed by atoms with Crippen LogP contribution in [-0.4, -0.2) is 25.4 Å². The third kappa shape index (κ3) is 3.95. The highest BCUT2D eigenvalue weighted by Gasteiger charge is 2.28. The van der Waals surface area contributed by atoms with Gasteiger partial charge in [0, 0.05) is 28.4 Å². The maximum Gasteiger partial charge on any atom is 0.253 e. The molecular weight excluding hydrogens is 439 g/mol. The molecule has 2 heterocycles. The lowest BCUT2D eigenvalue weighted by molar-refractivity contribution is 0.0962. The molecular formula is C22H16Cl2N4OS. The second-order valence-corrected chi connectivity index (χ2v) is 9.05. The molecule has 1 aliphatic rings. The molecule has 0 N–H and O–H groups in total. The van der Waals surface area contributed by atoms with Gasteiger partial charge in [-0.25, -0.2) is 9.50 Å². The highest BCUT2D eigenvalue weighted by molar-refractivity contribution is 7.98. The molecule has 5 nitrogen and oxygen atoms in total. The highest BCUT2D eigenvalue weighted by atomic mass is 35.5. The lowest BCUT2D eigenvalue weighted by atomic mass is 9.82. The molecule has 8 heteroatoms. The van der Waals surface area contributed by atoms with Gasteiger partial charge in [-0.3, -0.25) is 4.79 Å². The molecule has 0 saturated carbocycles. The molecule has 0 fully saturated rings. The Balaban J connectivity index is 1.40. The molecule has 0 unspecified atom stereocenters. The second-order valence-electron chi connectivity index (χ2n) is 7.24. The van der Waals surface area contributed by atoms with Crippen molar-refractivity contribution in [2.45, 2.75) is 29.7 Å². The molecule has 0 aliphatic heterocycles. The van der Waals surface area contributed by atoms with Crippen LogP contribution in [0.4, 0.5) is 0 Å². The van der Waals surface area contributed by atoms with E-state index in [0.29, 0.717) is 45.1 Å². The first-order valence-corrected chi connectivity index (χ1v) is 11.2. The number of benzene rings is 2. The fraction of sp³-hybridized carbons (Fsp3) is 0.182. The summed E-state index contributed by atoms with van der Waals surface area (Å²) in [5.41, 5.74) is 3.60. The standard InChI is InChI=1S/C22H16Cl2N4OS/c23-16-6-4-14(5-7-16)15-9-19-18(20(29)10-15)11-28-21(25-19)26-22(27-28)30-12-13-2-1-3-17(24)8-13/h1-8,11,15H,9-10,12H2/t15-/m1/s1. The van der Waals surface area contributed by atoms with Crippen LogP contribution in [0, 0.1) is 0 Å². The van der Waals surface area contributed by atoms with Crippen molar-refractivity contribution >= 4 is 46.5 Å². The van der Waals surface area contributed by atoms with E-state index in [-0.39, 0.29) is 11.7 Å². The van der Waals surface area contributed by atoms with Crippen LogP contribution in [0.2, 0.25) is 10.0 Å². The van der Waals surface area contributed by atoms with E-state index in [1.165, 1.54) is 11.8 Å². The van der Waals surface area contributed by atoms with Gasteiger partial charge < -0.3 is 0 Å². The Morgan fingerprint density at radius 3 is 2.67 bits per heavy atom. The van der Waals surface area contributed by atoms with Crippen molar-refractivity contribution in [2.75, 3.05) is 0 Å². The number of nitrogens with zero attached hydrogens (tertiary/aromatic N) is 4. The summed E-state index contributed by atoms with van der Waals surface area (Å²) < 4.78 is 1.60. The van der Waals surface area contributed by atoms with Gasteiger partial charge in [0.15, 0.2) is 5.78 Å². The second kappa shape index (κ2) is 8.02. The van der Waals surface area contributed by atoms with Gasteiger partial charge >= 0.3 is 0 Å². The zero-order chi connectivity index (χ0) is 20.7. The first-order chi connectivity index (χ1) is 14.5. The number of ketones is 1. The molecule has 1 aliphatic carbocycles. The van der Waals surface area contributed by atoms with Crippen LogP contribution in [-0.2, 0) is 12.2 Å². The smallest absolute Gasteiger partial charge is 0.253 e. The minimum atomic E-state index is 0.0780. The van der Waals surface area contributed by atoms with E-state index in [2.05, 4.69) is 15.1 Å². The average Bonchev–Trinajstić information content (AvgIpc) is 3.13. The maximum atomic E-state index is 12.8. The van der Waals surface area contributed by atoms with Crippen molar-refractivity contribution in [2.24, 2.45) is 0 Å².